The standard InChI is InChI=1S/C16H13Cl2F3N2O2/c17-10-5-6-14(25-9-16(19,20)21)13(7-10)22-8-15(24)23-12-4-2-1-3-11(12)18/h1-7,22H,8-9H2,(H,23,24). The summed E-state index contributed by atoms with van der Waals surface area (Å²) in [5.41, 5.74) is 0.599. The fraction of sp³-hybridized carbons (Fsp3) is 0.188. The molecule has 0 aliphatic carbocycles. The van der Waals surface area contributed by atoms with Crippen LogP contribution in [0.15, 0.2) is 42.5 Å². The maximum absolute atomic E-state index is 12.3. The number of hydrogen-bond donors (Lipinski definition) is 2. The van der Waals surface area contributed by atoms with E-state index in [1.165, 1.54) is 18.2 Å². The topological polar surface area (TPSA) is 50.4 Å². The summed E-state index contributed by atoms with van der Waals surface area (Å²) in [6.07, 6.45) is -4.47. The number of anilines is 2. The summed E-state index contributed by atoms with van der Waals surface area (Å²) >= 11 is 11.8. The van der Waals surface area contributed by atoms with Crippen LogP contribution in [0, 0.1) is 0 Å². The quantitative estimate of drug-likeness (QED) is 0.728. The highest BCUT2D eigenvalue weighted by Crippen LogP contribution is 2.29. The van der Waals surface area contributed by atoms with Gasteiger partial charge in [-0.05, 0) is 30.3 Å². The molecule has 0 aliphatic rings. The van der Waals surface area contributed by atoms with Gasteiger partial charge in [0.25, 0.3) is 0 Å². The van der Waals surface area contributed by atoms with Gasteiger partial charge in [-0.2, -0.15) is 13.2 Å². The third kappa shape index (κ3) is 6.36. The van der Waals surface area contributed by atoms with E-state index in [-0.39, 0.29) is 23.0 Å². The minimum absolute atomic E-state index is 0.0627. The van der Waals surface area contributed by atoms with Crippen LogP contribution in [0.5, 0.6) is 5.75 Å². The lowest BCUT2D eigenvalue weighted by Gasteiger charge is -2.15. The van der Waals surface area contributed by atoms with Crippen LogP contribution in [-0.2, 0) is 4.79 Å². The van der Waals surface area contributed by atoms with Crippen molar-refractivity contribution in [2.75, 3.05) is 23.8 Å². The monoisotopic (exact) mass is 392 g/mol. The van der Waals surface area contributed by atoms with Gasteiger partial charge in [-0.15, -0.1) is 0 Å². The van der Waals surface area contributed by atoms with Crippen LogP contribution in [-0.4, -0.2) is 25.2 Å². The molecule has 0 bridgehead atoms. The third-order valence-electron chi connectivity index (χ3n) is 2.92. The van der Waals surface area contributed by atoms with E-state index in [1.807, 2.05) is 0 Å². The van der Waals surface area contributed by atoms with Crippen molar-refractivity contribution in [3.05, 3.63) is 52.5 Å². The first-order valence-electron chi connectivity index (χ1n) is 7.02. The molecule has 0 saturated carbocycles. The molecule has 4 nitrogen and oxygen atoms in total. The Morgan fingerprint density at radius 2 is 1.80 bits per heavy atom. The fourth-order valence-electron chi connectivity index (χ4n) is 1.86. The van der Waals surface area contributed by atoms with Gasteiger partial charge in [-0.1, -0.05) is 35.3 Å². The molecule has 2 aromatic rings. The third-order valence-corrected chi connectivity index (χ3v) is 3.48. The fourth-order valence-corrected chi connectivity index (χ4v) is 2.21. The summed E-state index contributed by atoms with van der Waals surface area (Å²) < 4.78 is 41.6. The Morgan fingerprint density at radius 1 is 1.08 bits per heavy atom. The van der Waals surface area contributed by atoms with Crippen LogP contribution in [0.3, 0.4) is 0 Å². The van der Waals surface area contributed by atoms with E-state index in [9.17, 15) is 18.0 Å². The second-order valence-electron chi connectivity index (χ2n) is 4.93. The van der Waals surface area contributed by atoms with Crippen LogP contribution in [0.2, 0.25) is 10.0 Å². The van der Waals surface area contributed by atoms with E-state index in [2.05, 4.69) is 10.6 Å². The average molecular weight is 393 g/mol. The predicted octanol–water partition coefficient (Wildman–Crippen LogP) is 4.99. The van der Waals surface area contributed by atoms with Crippen LogP contribution < -0.4 is 15.4 Å². The van der Waals surface area contributed by atoms with Gasteiger partial charge in [0.2, 0.25) is 5.91 Å². The molecule has 9 heteroatoms. The zero-order valence-electron chi connectivity index (χ0n) is 12.7. The number of ether oxygens (including phenoxy) is 1. The molecule has 0 spiro atoms. The van der Waals surface area contributed by atoms with Gasteiger partial charge >= 0.3 is 6.18 Å². The SMILES string of the molecule is O=C(CNc1cc(Cl)ccc1OCC(F)(F)F)Nc1ccccc1Cl. The highest BCUT2D eigenvalue weighted by Gasteiger charge is 2.28. The zero-order chi connectivity index (χ0) is 18.4. The molecule has 0 unspecified atom stereocenters. The molecule has 1 amide bonds. The van der Waals surface area contributed by atoms with E-state index in [0.29, 0.717) is 10.7 Å². The van der Waals surface area contributed by atoms with Gasteiger partial charge in [-0.25, -0.2) is 0 Å². The van der Waals surface area contributed by atoms with Gasteiger partial charge < -0.3 is 15.4 Å². The summed E-state index contributed by atoms with van der Waals surface area (Å²) in [6.45, 7) is -1.66. The molecule has 134 valence electrons. The van der Waals surface area contributed by atoms with E-state index in [4.69, 9.17) is 27.9 Å². The average Bonchev–Trinajstić information content (AvgIpc) is 2.53. The van der Waals surface area contributed by atoms with Crippen molar-refractivity contribution in [3.8, 4) is 5.75 Å². The first-order chi connectivity index (χ1) is 11.7. The lowest BCUT2D eigenvalue weighted by molar-refractivity contribution is -0.153. The van der Waals surface area contributed by atoms with E-state index in [0.717, 1.165) is 0 Å². The Kier molecular flexibility index (Phi) is 6.39. The molecule has 0 heterocycles. The molecule has 0 radical (unpaired) electrons. The number of benzene rings is 2. The lowest BCUT2D eigenvalue weighted by Crippen LogP contribution is -2.23. The molecule has 0 fully saturated rings. The Balaban J connectivity index is 2.00. The van der Waals surface area contributed by atoms with Crippen molar-refractivity contribution in [3.63, 3.8) is 0 Å². The van der Waals surface area contributed by atoms with Gasteiger partial charge in [0.1, 0.15) is 5.75 Å². The van der Waals surface area contributed by atoms with Crippen molar-refractivity contribution in [1.82, 2.24) is 0 Å². The maximum Gasteiger partial charge on any atom is 0.422 e. The van der Waals surface area contributed by atoms with Crippen LogP contribution in [0.4, 0.5) is 24.5 Å². The summed E-state index contributed by atoms with van der Waals surface area (Å²) in [7, 11) is 0. The number of hydrogen-bond acceptors (Lipinski definition) is 3. The highest BCUT2D eigenvalue weighted by molar-refractivity contribution is 6.33. The Hall–Kier alpha value is -2.12. The van der Waals surface area contributed by atoms with Crippen molar-refractivity contribution in [2.24, 2.45) is 0 Å². The second kappa shape index (κ2) is 8.31. The largest absolute Gasteiger partial charge is 0.482 e. The smallest absolute Gasteiger partial charge is 0.422 e. The van der Waals surface area contributed by atoms with Crippen LogP contribution in [0.25, 0.3) is 0 Å². The van der Waals surface area contributed by atoms with Crippen molar-refractivity contribution in [1.29, 1.82) is 0 Å². The van der Waals surface area contributed by atoms with Crippen molar-refractivity contribution >= 4 is 40.5 Å². The second-order valence-corrected chi connectivity index (χ2v) is 5.77. The molecule has 2 aromatic carbocycles. The van der Waals surface area contributed by atoms with Crippen LogP contribution >= 0.6 is 23.2 Å². The minimum atomic E-state index is -4.47. The molecule has 25 heavy (non-hydrogen) atoms. The van der Waals surface area contributed by atoms with Gasteiger partial charge in [0.15, 0.2) is 6.61 Å². The summed E-state index contributed by atoms with van der Waals surface area (Å²) in [5.74, 6) is -0.498. The van der Waals surface area contributed by atoms with Gasteiger partial charge in [-0.3, -0.25) is 4.79 Å². The van der Waals surface area contributed by atoms with Crippen LogP contribution in [0.1, 0.15) is 0 Å². The van der Waals surface area contributed by atoms with E-state index >= 15 is 0 Å². The number of carbonyl (C=O) groups is 1. The minimum Gasteiger partial charge on any atom is -0.482 e. The first-order valence-corrected chi connectivity index (χ1v) is 7.77. The molecule has 2 N–H and O–H groups in total. The molecule has 0 saturated heterocycles. The summed E-state index contributed by atoms with van der Waals surface area (Å²) in [4.78, 5) is 12.0. The van der Waals surface area contributed by atoms with Gasteiger partial charge in [0.05, 0.1) is 22.9 Å². The van der Waals surface area contributed by atoms with E-state index in [1.54, 1.807) is 24.3 Å². The molecule has 0 aromatic heterocycles. The van der Waals surface area contributed by atoms with Crippen molar-refractivity contribution in [2.45, 2.75) is 6.18 Å². The Labute approximate surface area is 151 Å². The normalized spacial score (nSPS) is 11.1. The summed E-state index contributed by atoms with van der Waals surface area (Å²) in [5, 5.41) is 5.94. The number of halogens is 5. The molecular formula is C16H13Cl2F3N2O2. The number of para-hydroxylation sites is 1. The number of nitrogens with one attached hydrogen (secondary N) is 2. The molecule has 0 aliphatic heterocycles. The number of amides is 1. The molecular weight excluding hydrogens is 380 g/mol. The number of rotatable bonds is 6. The molecule has 0 atom stereocenters. The van der Waals surface area contributed by atoms with E-state index < -0.39 is 18.7 Å². The number of alkyl halides is 3. The zero-order valence-corrected chi connectivity index (χ0v) is 14.2. The lowest BCUT2D eigenvalue weighted by atomic mass is 10.3. The summed E-state index contributed by atoms with van der Waals surface area (Å²) in [6, 6.07) is 10.7. The maximum atomic E-state index is 12.3. The van der Waals surface area contributed by atoms with Crippen molar-refractivity contribution < 1.29 is 22.7 Å². The van der Waals surface area contributed by atoms with Gasteiger partial charge in [0, 0.05) is 5.02 Å². The predicted molar refractivity (Wildman–Crippen MR) is 91.6 cm³/mol. The Bertz CT molecular complexity index is 754. The first kappa shape index (κ1) is 19.2. The Morgan fingerprint density at radius 3 is 2.48 bits per heavy atom. The molecule has 2 rings (SSSR count). The highest BCUT2D eigenvalue weighted by atomic mass is 35.5. The number of carbonyl (C=O) groups excluding carboxylic acids is 1.